The van der Waals surface area contributed by atoms with Gasteiger partial charge >= 0.3 is 5.97 Å². The lowest BCUT2D eigenvalue weighted by atomic mass is 10.1. The predicted octanol–water partition coefficient (Wildman–Crippen LogP) is 1.09. The number of aromatic carboxylic acids is 1. The minimum Gasteiger partial charge on any atom is -0.478 e. The summed E-state index contributed by atoms with van der Waals surface area (Å²) in [5, 5.41) is 17.8. The molecular formula is C12H18N2O3. The third-order valence-corrected chi connectivity index (χ3v) is 2.69. The number of nitrogens with zero attached hydrogens (tertiary/aromatic N) is 1. The molecule has 0 bridgehead atoms. The van der Waals surface area contributed by atoms with Gasteiger partial charge in [-0.25, -0.2) is 4.79 Å². The van der Waals surface area contributed by atoms with Gasteiger partial charge in [-0.05, 0) is 31.0 Å². The topological polar surface area (TPSA) is 86.8 Å². The van der Waals surface area contributed by atoms with Crippen LogP contribution in [0.1, 0.15) is 22.3 Å². The molecule has 0 saturated heterocycles. The number of anilines is 2. The molecular weight excluding hydrogens is 220 g/mol. The Morgan fingerprint density at radius 2 is 2.12 bits per heavy atom. The number of aliphatic hydroxyl groups excluding tert-OH is 1. The average Bonchev–Trinajstić information content (AvgIpc) is 2.28. The molecule has 0 aliphatic heterocycles. The molecule has 0 amide bonds. The Kier molecular flexibility index (Phi) is 4.34. The predicted molar refractivity (Wildman–Crippen MR) is 67.5 cm³/mol. The molecule has 94 valence electrons. The van der Waals surface area contributed by atoms with Crippen molar-refractivity contribution in [2.24, 2.45) is 0 Å². The highest BCUT2D eigenvalue weighted by atomic mass is 16.4. The van der Waals surface area contributed by atoms with Crippen molar-refractivity contribution >= 4 is 17.3 Å². The van der Waals surface area contributed by atoms with Gasteiger partial charge in [-0.1, -0.05) is 0 Å². The van der Waals surface area contributed by atoms with Crippen LogP contribution in [0.4, 0.5) is 11.4 Å². The molecule has 4 N–H and O–H groups in total. The Bertz CT molecular complexity index is 418. The van der Waals surface area contributed by atoms with Crippen LogP contribution in [0, 0.1) is 6.92 Å². The third-order valence-electron chi connectivity index (χ3n) is 2.69. The van der Waals surface area contributed by atoms with Gasteiger partial charge < -0.3 is 20.8 Å². The van der Waals surface area contributed by atoms with E-state index in [0.29, 0.717) is 18.7 Å². The van der Waals surface area contributed by atoms with E-state index in [4.69, 9.17) is 15.9 Å². The maximum atomic E-state index is 11.0. The van der Waals surface area contributed by atoms with Crippen molar-refractivity contribution in [1.82, 2.24) is 0 Å². The number of benzene rings is 1. The Morgan fingerprint density at radius 1 is 1.47 bits per heavy atom. The van der Waals surface area contributed by atoms with Crippen LogP contribution in [0.25, 0.3) is 0 Å². The van der Waals surface area contributed by atoms with Crippen molar-refractivity contribution in [2.45, 2.75) is 13.3 Å². The van der Waals surface area contributed by atoms with Crippen molar-refractivity contribution in [2.75, 3.05) is 30.8 Å². The van der Waals surface area contributed by atoms with Gasteiger partial charge in [-0.3, -0.25) is 0 Å². The quantitative estimate of drug-likeness (QED) is 0.668. The molecule has 0 aromatic heterocycles. The van der Waals surface area contributed by atoms with Crippen LogP contribution in [0.15, 0.2) is 12.1 Å². The summed E-state index contributed by atoms with van der Waals surface area (Å²) in [5.41, 5.74) is 7.68. The monoisotopic (exact) mass is 238 g/mol. The minimum atomic E-state index is -1.02. The van der Waals surface area contributed by atoms with Crippen LogP contribution in [0.3, 0.4) is 0 Å². The number of hydrogen-bond donors (Lipinski definition) is 3. The highest BCUT2D eigenvalue weighted by Gasteiger charge is 2.13. The van der Waals surface area contributed by atoms with E-state index in [1.165, 1.54) is 0 Å². The SMILES string of the molecule is Cc1cc(N(C)CCCO)cc(C(=O)O)c1N. The third kappa shape index (κ3) is 3.10. The molecule has 0 aliphatic carbocycles. The standard InChI is InChI=1S/C12H18N2O3/c1-8-6-9(14(2)4-3-5-15)7-10(11(8)13)12(16)17/h6-7,15H,3-5,13H2,1-2H3,(H,16,17). The molecule has 0 saturated carbocycles. The summed E-state index contributed by atoms with van der Waals surface area (Å²) in [4.78, 5) is 12.9. The van der Waals surface area contributed by atoms with Crippen LogP contribution in [-0.2, 0) is 0 Å². The lowest BCUT2D eigenvalue weighted by Gasteiger charge is -2.20. The lowest BCUT2D eigenvalue weighted by molar-refractivity contribution is 0.0698. The van der Waals surface area contributed by atoms with Crippen LogP contribution < -0.4 is 10.6 Å². The first kappa shape index (κ1) is 13.3. The zero-order valence-electron chi connectivity index (χ0n) is 10.1. The van der Waals surface area contributed by atoms with Crippen LogP contribution in [0.5, 0.6) is 0 Å². The number of carboxylic acids is 1. The van der Waals surface area contributed by atoms with Crippen LogP contribution in [0.2, 0.25) is 0 Å². The van der Waals surface area contributed by atoms with Crippen molar-refractivity contribution < 1.29 is 15.0 Å². The number of rotatable bonds is 5. The molecule has 5 nitrogen and oxygen atoms in total. The highest BCUT2D eigenvalue weighted by Crippen LogP contribution is 2.24. The number of carboxylic acid groups (broad SMARTS) is 1. The van der Waals surface area contributed by atoms with Gasteiger partial charge in [0.1, 0.15) is 0 Å². The van der Waals surface area contributed by atoms with Gasteiger partial charge in [0.25, 0.3) is 0 Å². The van der Waals surface area contributed by atoms with Gasteiger partial charge in [-0.2, -0.15) is 0 Å². The highest BCUT2D eigenvalue weighted by molar-refractivity contribution is 5.95. The Balaban J connectivity index is 3.05. The maximum absolute atomic E-state index is 11.0. The zero-order valence-corrected chi connectivity index (χ0v) is 10.1. The molecule has 5 heteroatoms. The Labute approximate surface area is 100 Å². The maximum Gasteiger partial charge on any atom is 0.337 e. The van der Waals surface area contributed by atoms with Gasteiger partial charge in [0.2, 0.25) is 0 Å². The van der Waals surface area contributed by atoms with Gasteiger partial charge in [0.15, 0.2) is 0 Å². The van der Waals surface area contributed by atoms with Crippen molar-refractivity contribution in [3.8, 4) is 0 Å². The second kappa shape index (κ2) is 5.54. The first-order chi connectivity index (χ1) is 7.97. The van der Waals surface area contributed by atoms with Gasteiger partial charge in [0, 0.05) is 31.6 Å². The fraction of sp³-hybridized carbons (Fsp3) is 0.417. The van der Waals surface area contributed by atoms with E-state index in [-0.39, 0.29) is 12.2 Å². The summed E-state index contributed by atoms with van der Waals surface area (Å²) >= 11 is 0. The van der Waals surface area contributed by atoms with E-state index in [1.54, 1.807) is 13.0 Å². The summed E-state index contributed by atoms with van der Waals surface area (Å²) in [6.45, 7) is 2.56. The molecule has 1 rings (SSSR count). The summed E-state index contributed by atoms with van der Waals surface area (Å²) in [5.74, 6) is -1.02. The molecule has 0 heterocycles. The fourth-order valence-electron chi connectivity index (χ4n) is 1.61. The van der Waals surface area contributed by atoms with Crippen LogP contribution in [-0.4, -0.2) is 36.4 Å². The molecule has 0 unspecified atom stereocenters. The summed E-state index contributed by atoms with van der Waals surface area (Å²) in [6.07, 6.45) is 0.641. The second-order valence-corrected chi connectivity index (χ2v) is 4.03. The molecule has 0 fully saturated rings. The van der Waals surface area contributed by atoms with Gasteiger partial charge in [-0.15, -0.1) is 0 Å². The Hall–Kier alpha value is -1.75. The molecule has 1 aromatic carbocycles. The Morgan fingerprint density at radius 3 is 2.65 bits per heavy atom. The molecule has 0 spiro atoms. The van der Waals surface area contributed by atoms with Crippen molar-refractivity contribution in [3.05, 3.63) is 23.3 Å². The van der Waals surface area contributed by atoms with E-state index in [1.807, 2.05) is 18.0 Å². The first-order valence-electron chi connectivity index (χ1n) is 5.42. The fourth-order valence-corrected chi connectivity index (χ4v) is 1.61. The average molecular weight is 238 g/mol. The van der Waals surface area contributed by atoms with E-state index >= 15 is 0 Å². The lowest BCUT2D eigenvalue weighted by Crippen LogP contribution is -2.20. The molecule has 1 aromatic rings. The molecule has 17 heavy (non-hydrogen) atoms. The first-order valence-corrected chi connectivity index (χ1v) is 5.42. The van der Waals surface area contributed by atoms with E-state index in [2.05, 4.69) is 0 Å². The number of aliphatic hydroxyl groups is 1. The second-order valence-electron chi connectivity index (χ2n) is 4.03. The smallest absolute Gasteiger partial charge is 0.337 e. The largest absolute Gasteiger partial charge is 0.478 e. The number of hydrogen-bond acceptors (Lipinski definition) is 4. The number of nitrogen functional groups attached to an aromatic ring is 1. The number of carbonyl (C=O) groups is 1. The molecule has 0 atom stereocenters. The van der Waals surface area contributed by atoms with Gasteiger partial charge in [0.05, 0.1) is 5.56 Å². The number of nitrogens with two attached hydrogens (primary N) is 1. The van der Waals surface area contributed by atoms with E-state index < -0.39 is 5.97 Å². The minimum absolute atomic E-state index is 0.115. The molecule has 0 aliphatic rings. The van der Waals surface area contributed by atoms with Crippen LogP contribution >= 0.6 is 0 Å². The van der Waals surface area contributed by atoms with Crippen molar-refractivity contribution in [3.63, 3.8) is 0 Å². The molecule has 0 radical (unpaired) electrons. The zero-order chi connectivity index (χ0) is 13.0. The van der Waals surface area contributed by atoms with E-state index in [9.17, 15) is 4.79 Å². The summed E-state index contributed by atoms with van der Waals surface area (Å²) < 4.78 is 0. The summed E-state index contributed by atoms with van der Waals surface area (Å²) in [6, 6.07) is 3.40. The van der Waals surface area contributed by atoms with E-state index in [0.717, 1.165) is 11.3 Å². The normalized spacial score (nSPS) is 10.3. The summed E-state index contributed by atoms with van der Waals surface area (Å²) in [7, 11) is 1.85. The number of aryl methyl sites for hydroxylation is 1. The van der Waals surface area contributed by atoms with Crippen molar-refractivity contribution in [1.29, 1.82) is 0 Å².